The lowest BCUT2D eigenvalue weighted by Gasteiger charge is -2.16. The van der Waals surface area contributed by atoms with Gasteiger partial charge in [-0.05, 0) is 33.2 Å². The van der Waals surface area contributed by atoms with Gasteiger partial charge in [0.25, 0.3) is 0 Å². The zero-order valence-corrected chi connectivity index (χ0v) is 11.6. The van der Waals surface area contributed by atoms with Crippen LogP contribution in [0.15, 0.2) is 22.7 Å². The van der Waals surface area contributed by atoms with E-state index in [0.717, 1.165) is 22.3 Å². The second-order valence-corrected chi connectivity index (χ2v) is 5.04. The third kappa shape index (κ3) is 4.12. The van der Waals surface area contributed by atoms with Crippen LogP contribution in [0, 0.1) is 0 Å². The maximum atomic E-state index is 5.89. The minimum Gasteiger partial charge on any atom is -0.492 e. The van der Waals surface area contributed by atoms with Gasteiger partial charge in [0, 0.05) is 22.6 Å². The van der Waals surface area contributed by atoms with Gasteiger partial charge in [0.15, 0.2) is 0 Å². The molecule has 0 radical (unpaired) electrons. The number of nitrogens with two attached hydrogens (primary N) is 1. The van der Waals surface area contributed by atoms with E-state index in [1.54, 1.807) is 0 Å². The number of hydrogen-bond donors (Lipinski definition) is 1. The van der Waals surface area contributed by atoms with Crippen LogP contribution in [0.1, 0.15) is 18.5 Å². The van der Waals surface area contributed by atoms with E-state index in [4.69, 9.17) is 10.5 Å². The van der Waals surface area contributed by atoms with Crippen LogP contribution in [0.3, 0.4) is 0 Å². The van der Waals surface area contributed by atoms with Crippen molar-refractivity contribution in [3.63, 3.8) is 0 Å². The first kappa shape index (κ1) is 13.5. The van der Waals surface area contributed by atoms with Gasteiger partial charge in [-0.25, -0.2) is 0 Å². The van der Waals surface area contributed by atoms with Gasteiger partial charge >= 0.3 is 0 Å². The predicted molar refractivity (Wildman–Crippen MR) is 70.8 cm³/mol. The molecule has 0 saturated carbocycles. The molecule has 0 unspecified atom stereocenters. The largest absolute Gasteiger partial charge is 0.492 e. The summed E-state index contributed by atoms with van der Waals surface area (Å²) in [7, 11) is 4.05. The van der Waals surface area contributed by atoms with E-state index < -0.39 is 0 Å². The molecule has 0 saturated heterocycles. The Labute approximate surface area is 106 Å². The van der Waals surface area contributed by atoms with Crippen molar-refractivity contribution in [2.75, 3.05) is 27.2 Å². The van der Waals surface area contributed by atoms with Gasteiger partial charge in [-0.2, -0.15) is 0 Å². The van der Waals surface area contributed by atoms with Crippen molar-refractivity contribution in [2.45, 2.75) is 13.0 Å². The molecule has 90 valence electrons. The van der Waals surface area contributed by atoms with Crippen LogP contribution in [0.25, 0.3) is 0 Å². The van der Waals surface area contributed by atoms with Crippen molar-refractivity contribution in [1.82, 2.24) is 4.90 Å². The lowest BCUT2D eigenvalue weighted by Crippen LogP contribution is -2.20. The number of likely N-dealkylation sites (N-methyl/N-ethyl adjacent to an activating group) is 1. The van der Waals surface area contributed by atoms with Crippen LogP contribution in [0.2, 0.25) is 0 Å². The molecule has 0 spiro atoms. The summed E-state index contributed by atoms with van der Waals surface area (Å²) in [6, 6.07) is 5.94. The van der Waals surface area contributed by atoms with E-state index in [0.29, 0.717) is 6.61 Å². The van der Waals surface area contributed by atoms with Crippen molar-refractivity contribution in [1.29, 1.82) is 0 Å². The fourth-order valence-corrected chi connectivity index (χ4v) is 1.69. The Morgan fingerprint density at radius 3 is 2.69 bits per heavy atom. The van der Waals surface area contributed by atoms with Crippen molar-refractivity contribution in [2.24, 2.45) is 5.73 Å². The number of nitrogens with zero attached hydrogens (tertiary/aromatic N) is 1. The van der Waals surface area contributed by atoms with E-state index in [9.17, 15) is 0 Å². The van der Waals surface area contributed by atoms with Crippen molar-refractivity contribution < 1.29 is 4.74 Å². The summed E-state index contributed by atoms with van der Waals surface area (Å²) in [6.07, 6.45) is 0. The molecule has 16 heavy (non-hydrogen) atoms. The molecule has 1 aromatic rings. The second kappa shape index (κ2) is 6.23. The molecule has 1 rings (SSSR count). The fourth-order valence-electron chi connectivity index (χ4n) is 1.35. The maximum Gasteiger partial charge on any atom is 0.125 e. The van der Waals surface area contributed by atoms with Crippen molar-refractivity contribution in [3.05, 3.63) is 28.2 Å². The molecule has 1 atom stereocenters. The molecule has 0 aliphatic rings. The number of hydrogen-bond acceptors (Lipinski definition) is 3. The molecule has 2 N–H and O–H groups in total. The molecular formula is C12H19BrN2O. The third-order valence-electron chi connectivity index (χ3n) is 2.26. The highest BCUT2D eigenvalue weighted by atomic mass is 79.9. The Hall–Kier alpha value is -0.580. The van der Waals surface area contributed by atoms with Gasteiger partial charge in [0.1, 0.15) is 12.4 Å². The van der Waals surface area contributed by atoms with Crippen molar-refractivity contribution >= 4 is 15.9 Å². The summed E-state index contributed by atoms with van der Waals surface area (Å²) in [5.41, 5.74) is 6.93. The Morgan fingerprint density at radius 1 is 1.44 bits per heavy atom. The Bertz CT molecular complexity index is 340. The zero-order chi connectivity index (χ0) is 12.1. The molecule has 0 fully saturated rings. The molecule has 1 aromatic carbocycles. The van der Waals surface area contributed by atoms with Crippen LogP contribution in [0.5, 0.6) is 5.75 Å². The zero-order valence-electron chi connectivity index (χ0n) is 10.0. The quantitative estimate of drug-likeness (QED) is 0.904. The fraction of sp³-hybridized carbons (Fsp3) is 0.500. The molecule has 3 nitrogen and oxygen atoms in total. The SMILES string of the molecule is C[C@H](N)c1ccc(Br)cc1OCCN(C)C. The molecular weight excluding hydrogens is 268 g/mol. The van der Waals surface area contributed by atoms with Crippen LogP contribution >= 0.6 is 15.9 Å². The predicted octanol–water partition coefficient (Wildman–Crippen LogP) is 2.41. The van der Waals surface area contributed by atoms with Gasteiger partial charge in [0.2, 0.25) is 0 Å². The average molecular weight is 287 g/mol. The number of halogens is 1. The summed E-state index contributed by atoms with van der Waals surface area (Å²) in [5.74, 6) is 0.867. The maximum absolute atomic E-state index is 5.89. The smallest absolute Gasteiger partial charge is 0.125 e. The first-order valence-corrected chi connectivity index (χ1v) is 6.12. The van der Waals surface area contributed by atoms with Crippen molar-refractivity contribution in [3.8, 4) is 5.75 Å². The standard InChI is InChI=1S/C12H19BrN2O/c1-9(14)11-5-4-10(13)8-12(11)16-7-6-15(2)3/h4-5,8-9H,6-7,14H2,1-3H3/t9-/m0/s1. The van der Waals surface area contributed by atoms with Gasteiger partial charge in [0.05, 0.1) is 0 Å². The summed E-state index contributed by atoms with van der Waals surface area (Å²) in [6.45, 7) is 3.52. The number of ether oxygens (including phenoxy) is 1. The van der Waals surface area contributed by atoms with Gasteiger partial charge in [-0.15, -0.1) is 0 Å². The Morgan fingerprint density at radius 2 is 2.12 bits per heavy atom. The normalized spacial score (nSPS) is 12.9. The molecule has 0 heterocycles. The third-order valence-corrected chi connectivity index (χ3v) is 2.76. The topological polar surface area (TPSA) is 38.5 Å². The highest BCUT2D eigenvalue weighted by Crippen LogP contribution is 2.27. The minimum atomic E-state index is -0.0116. The first-order valence-electron chi connectivity index (χ1n) is 5.33. The monoisotopic (exact) mass is 286 g/mol. The Balaban J connectivity index is 2.72. The summed E-state index contributed by atoms with van der Waals surface area (Å²) < 4.78 is 6.75. The van der Waals surface area contributed by atoms with E-state index in [1.807, 2.05) is 39.2 Å². The van der Waals surface area contributed by atoms with Crippen LogP contribution in [-0.4, -0.2) is 32.1 Å². The van der Waals surface area contributed by atoms with E-state index in [-0.39, 0.29) is 6.04 Å². The molecule has 0 bridgehead atoms. The van der Waals surface area contributed by atoms with Gasteiger partial charge in [-0.1, -0.05) is 22.0 Å². The minimum absolute atomic E-state index is 0.0116. The lowest BCUT2D eigenvalue weighted by molar-refractivity contribution is 0.258. The number of rotatable bonds is 5. The second-order valence-electron chi connectivity index (χ2n) is 4.12. The van der Waals surface area contributed by atoms with Crippen LogP contribution < -0.4 is 10.5 Å². The lowest BCUT2D eigenvalue weighted by atomic mass is 10.1. The molecule has 0 aliphatic heterocycles. The highest BCUT2D eigenvalue weighted by Gasteiger charge is 2.08. The average Bonchev–Trinajstić information content (AvgIpc) is 2.16. The molecule has 0 aromatic heterocycles. The molecule has 4 heteroatoms. The van der Waals surface area contributed by atoms with E-state index in [2.05, 4.69) is 20.8 Å². The summed E-state index contributed by atoms with van der Waals surface area (Å²) >= 11 is 3.44. The van der Waals surface area contributed by atoms with Crippen LogP contribution in [0.4, 0.5) is 0 Å². The summed E-state index contributed by atoms with van der Waals surface area (Å²) in [4.78, 5) is 2.09. The van der Waals surface area contributed by atoms with E-state index >= 15 is 0 Å². The first-order chi connectivity index (χ1) is 7.50. The van der Waals surface area contributed by atoms with Gasteiger partial charge < -0.3 is 15.4 Å². The molecule has 0 aliphatic carbocycles. The van der Waals surface area contributed by atoms with Crippen LogP contribution in [-0.2, 0) is 0 Å². The highest BCUT2D eigenvalue weighted by molar-refractivity contribution is 9.10. The summed E-state index contributed by atoms with van der Waals surface area (Å²) in [5, 5.41) is 0. The van der Waals surface area contributed by atoms with Gasteiger partial charge in [-0.3, -0.25) is 0 Å². The molecule has 0 amide bonds. The van der Waals surface area contributed by atoms with E-state index in [1.165, 1.54) is 0 Å². The number of benzene rings is 1. The Kier molecular flexibility index (Phi) is 5.25.